The van der Waals surface area contributed by atoms with Crippen LogP contribution in [0.5, 0.6) is 0 Å². The van der Waals surface area contributed by atoms with Crippen molar-refractivity contribution in [2.45, 2.75) is 102 Å². The normalized spacial score (nSPS) is 12.3. The zero-order chi connectivity index (χ0) is 17.2. The zero-order valence-corrected chi connectivity index (χ0v) is 15.6. The number of unbranched alkanes of at least 4 members (excludes halogenated alkanes) is 13. The molecular formula is C19H36NO2S. The Labute approximate surface area is 148 Å². The second-order valence-corrected chi connectivity index (χ2v) is 6.86. The van der Waals surface area contributed by atoms with Gasteiger partial charge in [-0.1, -0.05) is 70.6 Å². The highest BCUT2D eigenvalue weighted by Gasteiger charge is 2.10. The van der Waals surface area contributed by atoms with Crippen LogP contribution in [0, 0.1) is 0 Å². The molecule has 0 spiro atoms. The van der Waals surface area contributed by atoms with Crippen molar-refractivity contribution < 1.29 is 9.59 Å². The standard InChI is InChI=1S/C19H36NO2S/c20-18(17-23)19(22)15-13-11-9-7-5-3-1-2-4-6-8-10-12-14-16-21/h18,23H,1-15,17,20H2/t18-/m0/s1. The Kier molecular flexibility index (Phi) is 17.7. The number of carbonyl (C=O) groups is 1. The summed E-state index contributed by atoms with van der Waals surface area (Å²) in [5.74, 6) is 0.611. The molecule has 1 atom stereocenters. The lowest BCUT2D eigenvalue weighted by Crippen LogP contribution is -2.31. The smallest absolute Gasteiger partial charge is 0.198 e. The van der Waals surface area contributed by atoms with Gasteiger partial charge < -0.3 is 5.73 Å². The Morgan fingerprint density at radius 1 is 0.783 bits per heavy atom. The van der Waals surface area contributed by atoms with Gasteiger partial charge in [0, 0.05) is 18.6 Å². The summed E-state index contributed by atoms with van der Waals surface area (Å²) in [5, 5.41) is 0. The minimum Gasteiger partial charge on any atom is -0.321 e. The number of carbonyl (C=O) groups excluding carboxylic acids is 2. The molecule has 0 saturated heterocycles. The number of Topliss-reactive ketones (excluding diaryl/α,β-unsaturated/α-hetero) is 1. The molecule has 135 valence electrons. The Hall–Kier alpha value is -0.350. The van der Waals surface area contributed by atoms with E-state index >= 15 is 0 Å². The third kappa shape index (κ3) is 16.3. The maximum absolute atomic E-state index is 11.5. The van der Waals surface area contributed by atoms with Crippen LogP contribution in [0.4, 0.5) is 0 Å². The predicted octanol–water partition coefficient (Wildman–Crippen LogP) is 4.77. The minimum atomic E-state index is -0.373. The van der Waals surface area contributed by atoms with Gasteiger partial charge in [0.05, 0.1) is 6.04 Å². The number of hydrogen-bond acceptors (Lipinski definition) is 4. The Morgan fingerprint density at radius 2 is 1.17 bits per heavy atom. The molecule has 4 heteroatoms. The van der Waals surface area contributed by atoms with Gasteiger partial charge in [0.2, 0.25) is 0 Å². The Morgan fingerprint density at radius 3 is 1.57 bits per heavy atom. The molecule has 0 saturated carbocycles. The fourth-order valence-corrected chi connectivity index (χ4v) is 2.93. The summed E-state index contributed by atoms with van der Waals surface area (Å²) in [5.41, 5.74) is 5.64. The van der Waals surface area contributed by atoms with Crippen molar-refractivity contribution in [3.63, 3.8) is 0 Å². The third-order valence-electron chi connectivity index (χ3n) is 4.31. The predicted molar refractivity (Wildman–Crippen MR) is 102 cm³/mol. The summed E-state index contributed by atoms with van der Waals surface area (Å²) in [6.45, 7) is 0. The fraction of sp³-hybridized carbons (Fsp3) is 0.895. The van der Waals surface area contributed by atoms with Crippen LogP contribution in [0.3, 0.4) is 0 Å². The van der Waals surface area contributed by atoms with Crippen molar-refractivity contribution in [2.75, 3.05) is 5.75 Å². The summed E-state index contributed by atoms with van der Waals surface area (Å²) in [7, 11) is 0. The van der Waals surface area contributed by atoms with Crippen LogP contribution >= 0.6 is 12.6 Å². The topological polar surface area (TPSA) is 60.2 Å². The largest absolute Gasteiger partial charge is 0.321 e. The van der Waals surface area contributed by atoms with Crippen molar-refractivity contribution in [3.8, 4) is 0 Å². The van der Waals surface area contributed by atoms with Gasteiger partial charge in [-0.3, -0.25) is 9.59 Å². The lowest BCUT2D eigenvalue weighted by Gasteiger charge is -2.06. The summed E-state index contributed by atoms with van der Waals surface area (Å²) in [4.78, 5) is 21.6. The SMILES string of the molecule is N[C@@H](CS)C(=O)CCCCCCCCCCCCCCC[C]=O. The van der Waals surface area contributed by atoms with E-state index in [2.05, 4.69) is 12.6 Å². The highest BCUT2D eigenvalue weighted by molar-refractivity contribution is 7.80. The van der Waals surface area contributed by atoms with E-state index in [1.807, 2.05) is 6.29 Å². The molecule has 0 rings (SSSR count). The Balaban J connectivity index is 3.11. The number of hydrogen-bond donors (Lipinski definition) is 2. The van der Waals surface area contributed by atoms with E-state index in [0.29, 0.717) is 18.6 Å². The first-order valence-corrected chi connectivity index (χ1v) is 10.1. The molecule has 2 N–H and O–H groups in total. The molecule has 0 aromatic rings. The number of thiol groups is 1. The molecule has 0 heterocycles. The van der Waals surface area contributed by atoms with Gasteiger partial charge in [-0.05, 0) is 12.8 Å². The van der Waals surface area contributed by atoms with Crippen molar-refractivity contribution in [1.82, 2.24) is 0 Å². The molecular weight excluding hydrogens is 306 g/mol. The van der Waals surface area contributed by atoms with Crippen LogP contribution in [-0.4, -0.2) is 23.9 Å². The van der Waals surface area contributed by atoms with E-state index < -0.39 is 0 Å². The van der Waals surface area contributed by atoms with Crippen LogP contribution < -0.4 is 5.73 Å². The quantitative estimate of drug-likeness (QED) is 0.278. The van der Waals surface area contributed by atoms with E-state index in [9.17, 15) is 9.59 Å². The van der Waals surface area contributed by atoms with Crippen molar-refractivity contribution >= 4 is 24.7 Å². The van der Waals surface area contributed by atoms with Crippen molar-refractivity contribution in [1.29, 1.82) is 0 Å². The molecule has 0 aliphatic heterocycles. The molecule has 23 heavy (non-hydrogen) atoms. The summed E-state index contributed by atoms with van der Waals surface area (Å²) >= 11 is 4.05. The highest BCUT2D eigenvalue weighted by Crippen LogP contribution is 2.13. The third-order valence-corrected chi connectivity index (χ3v) is 4.71. The average molecular weight is 343 g/mol. The molecule has 0 aromatic carbocycles. The van der Waals surface area contributed by atoms with Gasteiger partial charge >= 0.3 is 0 Å². The van der Waals surface area contributed by atoms with Crippen LogP contribution in [0.25, 0.3) is 0 Å². The zero-order valence-electron chi connectivity index (χ0n) is 14.7. The van der Waals surface area contributed by atoms with Gasteiger partial charge in [0.15, 0.2) is 6.29 Å². The van der Waals surface area contributed by atoms with Gasteiger partial charge in [0.25, 0.3) is 0 Å². The number of ketones is 1. The lowest BCUT2D eigenvalue weighted by atomic mass is 10.0. The molecule has 0 aliphatic carbocycles. The van der Waals surface area contributed by atoms with Crippen molar-refractivity contribution in [3.05, 3.63) is 0 Å². The van der Waals surface area contributed by atoms with Crippen LogP contribution in [0.1, 0.15) is 96.3 Å². The Bertz CT molecular complexity index is 285. The molecule has 0 fully saturated rings. The van der Waals surface area contributed by atoms with Crippen molar-refractivity contribution in [2.24, 2.45) is 5.73 Å². The summed E-state index contributed by atoms with van der Waals surface area (Å²) in [6.07, 6.45) is 19.2. The molecule has 0 amide bonds. The number of rotatable bonds is 18. The molecule has 0 aromatic heterocycles. The van der Waals surface area contributed by atoms with Crippen LogP contribution in [0.15, 0.2) is 0 Å². The molecule has 0 bridgehead atoms. The maximum Gasteiger partial charge on any atom is 0.198 e. The molecule has 1 radical (unpaired) electrons. The summed E-state index contributed by atoms with van der Waals surface area (Å²) < 4.78 is 0. The summed E-state index contributed by atoms with van der Waals surface area (Å²) in [6, 6.07) is -0.373. The van der Waals surface area contributed by atoms with Gasteiger partial charge in [-0.15, -0.1) is 0 Å². The fourth-order valence-electron chi connectivity index (χ4n) is 2.73. The maximum atomic E-state index is 11.5. The lowest BCUT2D eigenvalue weighted by molar-refractivity contribution is -0.119. The van der Waals surface area contributed by atoms with E-state index in [4.69, 9.17) is 5.73 Å². The second-order valence-electron chi connectivity index (χ2n) is 6.50. The van der Waals surface area contributed by atoms with Gasteiger partial charge in [-0.2, -0.15) is 12.6 Å². The second kappa shape index (κ2) is 18.0. The highest BCUT2D eigenvalue weighted by atomic mass is 32.1. The van der Waals surface area contributed by atoms with E-state index in [-0.39, 0.29) is 11.8 Å². The number of nitrogens with two attached hydrogens (primary N) is 1. The molecule has 0 unspecified atom stereocenters. The van der Waals surface area contributed by atoms with Crippen LogP contribution in [0.2, 0.25) is 0 Å². The minimum absolute atomic E-state index is 0.157. The van der Waals surface area contributed by atoms with E-state index in [1.54, 1.807) is 0 Å². The first-order valence-electron chi connectivity index (χ1n) is 9.46. The first-order chi connectivity index (χ1) is 11.2. The van der Waals surface area contributed by atoms with Gasteiger partial charge in [-0.25, -0.2) is 0 Å². The van der Waals surface area contributed by atoms with Crippen LogP contribution in [-0.2, 0) is 9.59 Å². The first kappa shape index (κ1) is 22.6. The monoisotopic (exact) mass is 342 g/mol. The molecule has 3 nitrogen and oxygen atoms in total. The molecule has 0 aliphatic rings. The van der Waals surface area contributed by atoms with E-state index in [1.165, 1.54) is 64.2 Å². The van der Waals surface area contributed by atoms with Gasteiger partial charge in [0.1, 0.15) is 5.78 Å². The van der Waals surface area contributed by atoms with E-state index in [0.717, 1.165) is 19.3 Å². The average Bonchev–Trinajstić information content (AvgIpc) is 2.57.